The molecule has 188 valence electrons. The Hall–Kier alpha value is -3.67. The number of piperazine rings is 1. The van der Waals surface area contributed by atoms with E-state index in [1.54, 1.807) is 36.9 Å². The van der Waals surface area contributed by atoms with Gasteiger partial charge in [-0.05, 0) is 38.5 Å². The van der Waals surface area contributed by atoms with Crippen LogP contribution in [-0.2, 0) is 17.4 Å². The lowest BCUT2D eigenvalue weighted by Crippen LogP contribution is -2.61. The van der Waals surface area contributed by atoms with E-state index in [4.69, 9.17) is 4.74 Å². The van der Waals surface area contributed by atoms with Crippen LogP contribution in [0.4, 0.5) is 23.7 Å². The molecule has 1 atom stereocenters. The van der Waals surface area contributed by atoms with Gasteiger partial charge in [-0.1, -0.05) is 18.2 Å². The minimum absolute atomic E-state index is 0.0342. The molecule has 1 heterocycles. The van der Waals surface area contributed by atoms with Gasteiger partial charge in [0.1, 0.15) is 29.4 Å². The lowest BCUT2D eigenvalue weighted by molar-refractivity contribution is -0.386. The van der Waals surface area contributed by atoms with Crippen LogP contribution in [-0.4, -0.2) is 63.4 Å². The van der Waals surface area contributed by atoms with Crippen molar-refractivity contribution in [2.45, 2.75) is 38.0 Å². The number of alkyl halides is 3. The normalized spacial score (nSPS) is 17.2. The number of hydrogen-bond donors (Lipinski definition) is 1. The van der Waals surface area contributed by atoms with Gasteiger partial charge >= 0.3 is 12.3 Å². The summed E-state index contributed by atoms with van der Waals surface area (Å²) < 4.78 is 48.4. The molecule has 0 aromatic heterocycles. The van der Waals surface area contributed by atoms with Gasteiger partial charge in [0.25, 0.3) is 5.69 Å². The summed E-state index contributed by atoms with van der Waals surface area (Å²) in [5.41, 5.74) is -3.60. The zero-order chi connectivity index (χ0) is 26.0. The molecule has 12 heteroatoms. The highest BCUT2D eigenvalue weighted by Crippen LogP contribution is 2.45. The van der Waals surface area contributed by atoms with E-state index in [1.807, 2.05) is 0 Å². The molecule has 1 N–H and O–H groups in total. The Morgan fingerprint density at radius 2 is 1.86 bits per heavy atom. The molecule has 0 saturated carbocycles. The van der Waals surface area contributed by atoms with Gasteiger partial charge in [0.15, 0.2) is 0 Å². The van der Waals surface area contributed by atoms with Gasteiger partial charge in [-0.25, -0.2) is 4.79 Å². The van der Waals surface area contributed by atoms with E-state index < -0.39 is 57.8 Å². The van der Waals surface area contributed by atoms with Gasteiger partial charge in [0.05, 0.1) is 4.92 Å². The Morgan fingerprint density at radius 3 is 2.40 bits per heavy atom. The fourth-order valence-electron chi connectivity index (χ4n) is 4.23. The van der Waals surface area contributed by atoms with Gasteiger partial charge in [-0.2, -0.15) is 13.2 Å². The summed E-state index contributed by atoms with van der Waals surface area (Å²) >= 11 is 0. The van der Waals surface area contributed by atoms with Gasteiger partial charge in [-0.15, -0.1) is 0 Å². The topological polar surface area (TPSA) is 113 Å². The smallest absolute Gasteiger partial charge is 0.420 e. The minimum atomic E-state index is -4.96. The molecule has 1 aliphatic heterocycles. The van der Waals surface area contributed by atoms with Crippen molar-refractivity contribution in [2.75, 3.05) is 19.6 Å². The number of halogens is 3. The maximum atomic E-state index is 14.3. The number of nitro groups is 1. The van der Waals surface area contributed by atoms with E-state index in [1.165, 1.54) is 12.1 Å². The molecule has 2 aromatic rings. The maximum absolute atomic E-state index is 14.3. The van der Waals surface area contributed by atoms with Crippen molar-refractivity contribution in [2.24, 2.45) is 0 Å². The van der Waals surface area contributed by atoms with Crippen molar-refractivity contribution in [1.82, 2.24) is 9.80 Å². The largest absolute Gasteiger partial charge is 0.465 e. The SMILES string of the molecule is CC(C)(Cc1c([N+](=O)[O-])ccc(Oc2ccccc2)c1C(F)(F)F)N1CCN(C(=O)O)[C@@H](C=O)C1. The standard InChI is InChI=1S/C23H24F3N3O6/c1-22(2,27-10-11-28(21(31)32)15(13-27)14-30)12-17-18(29(33)34)8-9-19(20(17)23(24,25)26)35-16-6-4-3-5-7-16/h3-9,14-15H,10-13H2,1-2H3,(H,31,32)/t15-/m1/s1. The second-order valence-corrected chi connectivity index (χ2v) is 8.72. The highest BCUT2D eigenvalue weighted by Gasteiger charge is 2.44. The molecule has 0 aliphatic carbocycles. The Morgan fingerprint density at radius 1 is 1.20 bits per heavy atom. The summed E-state index contributed by atoms with van der Waals surface area (Å²) in [6, 6.07) is 8.66. The first-order valence-electron chi connectivity index (χ1n) is 10.7. The van der Waals surface area contributed by atoms with Crippen LogP contribution in [0.15, 0.2) is 42.5 Å². The molecule has 1 saturated heterocycles. The monoisotopic (exact) mass is 495 g/mol. The Labute approximate surface area is 198 Å². The molecule has 3 rings (SSSR count). The van der Waals surface area contributed by atoms with Crippen LogP contribution < -0.4 is 4.74 Å². The van der Waals surface area contributed by atoms with Gasteiger partial charge in [0, 0.05) is 36.8 Å². The molecule has 2 aromatic carbocycles. The number of carbonyl (C=O) groups excluding carboxylic acids is 1. The third-order valence-electron chi connectivity index (χ3n) is 5.99. The summed E-state index contributed by atoms with van der Waals surface area (Å²) in [7, 11) is 0. The number of para-hydroxylation sites is 1. The fourth-order valence-corrected chi connectivity index (χ4v) is 4.23. The van der Waals surface area contributed by atoms with Crippen molar-refractivity contribution in [3.63, 3.8) is 0 Å². The predicted octanol–water partition coefficient (Wildman–Crippen LogP) is 4.59. The number of nitrogens with zero attached hydrogens (tertiary/aromatic N) is 3. The number of amides is 1. The van der Waals surface area contributed by atoms with E-state index in [-0.39, 0.29) is 25.4 Å². The summed E-state index contributed by atoms with van der Waals surface area (Å²) in [5.74, 6) is -0.433. The van der Waals surface area contributed by atoms with Crippen molar-refractivity contribution >= 4 is 18.1 Å². The number of rotatable bonds is 7. The molecule has 1 fully saturated rings. The molecule has 1 amide bonds. The minimum Gasteiger partial charge on any atom is -0.465 e. The number of ether oxygens (including phenoxy) is 1. The number of carbonyl (C=O) groups is 2. The molecule has 1 aliphatic rings. The summed E-state index contributed by atoms with van der Waals surface area (Å²) in [5, 5.41) is 21.0. The number of benzene rings is 2. The fraction of sp³-hybridized carbons (Fsp3) is 0.391. The molecule has 0 spiro atoms. The Bertz CT molecular complexity index is 1110. The third kappa shape index (κ3) is 5.70. The van der Waals surface area contributed by atoms with Crippen molar-refractivity contribution in [3.8, 4) is 11.5 Å². The summed E-state index contributed by atoms with van der Waals surface area (Å²) in [4.78, 5) is 36.3. The molecular weight excluding hydrogens is 471 g/mol. The number of hydrogen-bond acceptors (Lipinski definition) is 6. The quantitative estimate of drug-likeness (QED) is 0.340. The van der Waals surface area contributed by atoms with E-state index >= 15 is 0 Å². The number of carboxylic acid groups (broad SMARTS) is 1. The van der Waals surface area contributed by atoms with E-state index in [9.17, 15) is 38.0 Å². The second-order valence-electron chi connectivity index (χ2n) is 8.72. The van der Waals surface area contributed by atoms with Crippen LogP contribution in [0, 0.1) is 10.1 Å². The average molecular weight is 495 g/mol. The zero-order valence-corrected chi connectivity index (χ0v) is 19.0. The number of aldehydes is 1. The first-order valence-corrected chi connectivity index (χ1v) is 10.7. The van der Waals surface area contributed by atoms with Crippen molar-refractivity contribution in [1.29, 1.82) is 0 Å². The van der Waals surface area contributed by atoms with Crippen molar-refractivity contribution in [3.05, 3.63) is 63.7 Å². The highest BCUT2D eigenvalue weighted by atomic mass is 19.4. The van der Waals surface area contributed by atoms with E-state index in [0.717, 1.165) is 17.0 Å². The summed E-state index contributed by atoms with van der Waals surface area (Å²) in [6.07, 6.45) is -6.17. The van der Waals surface area contributed by atoms with Crippen LogP contribution in [0.2, 0.25) is 0 Å². The van der Waals surface area contributed by atoms with Gasteiger partial charge in [0.2, 0.25) is 0 Å². The third-order valence-corrected chi connectivity index (χ3v) is 5.99. The van der Waals surface area contributed by atoms with Gasteiger partial charge in [-0.3, -0.25) is 19.9 Å². The predicted molar refractivity (Wildman–Crippen MR) is 119 cm³/mol. The first-order chi connectivity index (χ1) is 16.3. The Balaban J connectivity index is 2.05. The van der Waals surface area contributed by atoms with Crippen LogP contribution in [0.3, 0.4) is 0 Å². The van der Waals surface area contributed by atoms with Crippen molar-refractivity contribution < 1.29 is 37.5 Å². The lowest BCUT2D eigenvalue weighted by atomic mass is 9.87. The van der Waals surface area contributed by atoms with E-state index in [2.05, 4.69) is 0 Å². The maximum Gasteiger partial charge on any atom is 0.420 e. The molecule has 35 heavy (non-hydrogen) atoms. The summed E-state index contributed by atoms with van der Waals surface area (Å²) in [6.45, 7) is 3.24. The lowest BCUT2D eigenvalue weighted by Gasteiger charge is -2.46. The number of nitro benzene ring substituents is 1. The molecular formula is C23H24F3N3O6. The zero-order valence-electron chi connectivity index (χ0n) is 19.0. The second kappa shape index (κ2) is 9.90. The van der Waals surface area contributed by atoms with Crippen LogP contribution in [0.1, 0.15) is 25.0 Å². The molecule has 9 nitrogen and oxygen atoms in total. The molecule has 0 unspecified atom stereocenters. The average Bonchev–Trinajstić information content (AvgIpc) is 2.78. The molecule has 0 bridgehead atoms. The molecule has 0 radical (unpaired) electrons. The first kappa shape index (κ1) is 25.9. The van der Waals surface area contributed by atoms with E-state index in [0.29, 0.717) is 6.29 Å². The highest BCUT2D eigenvalue weighted by molar-refractivity contribution is 5.72. The van der Waals surface area contributed by atoms with Crippen LogP contribution in [0.25, 0.3) is 0 Å². The van der Waals surface area contributed by atoms with Crippen LogP contribution in [0.5, 0.6) is 11.5 Å². The van der Waals surface area contributed by atoms with Gasteiger partial charge < -0.3 is 14.6 Å². The van der Waals surface area contributed by atoms with Crippen LogP contribution >= 0.6 is 0 Å². The Kier molecular flexibility index (Phi) is 7.34.